The number of aromatic nitrogens is 1. The lowest BCUT2D eigenvalue weighted by Gasteiger charge is -2.42. The van der Waals surface area contributed by atoms with Gasteiger partial charge in [-0.25, -0.2) is 4.39 Å². The Morgan fingerprint density at radius 3 is 2.62 bits per heavy atom. The van der Waals surface area contributed by atoms with Crippen molar-refractivity contribution in [1.82, 2.24) is 15.2 Å². The molecule has 1 unspecified atom stereocenters. The largest absolute Gasteiger partial charge is 0.368 e. The first-order chi connectivity index (χ1) is 17.8. The van der Waals surface area contributed by atoms with Crippen LogP contribution in [-0.4, -0.2) is 47.4 Å². The van der Waals surface area contributed by atoms with Gasteiger partial charge < -0.3 is 20.9 Å². The lowest BCUT2D eigenvalue weighted by molar-refractivity contribution is -0.147. The van der Waals surface area contributed by atoms with E-state index in [-0.39, 0.29) is 23.7 Å². The molecule has 2 amide bonds. The Hall–Kier alpha value is -3.00. The quantitative estimate of drug-likeness (QED) is 0.585. The molecule has 5 rings (SSSR count). The van der Waals surface area contributed by atoms with Gasteiger partial charge in [0.25, 0.3) is 0 Å². The highest BCUT2D eigenvalue weighted by Gasteiger charge is 2.50. The average Bonchev–Trinajstić information content (AvgIpc) is 3.56. The van der Waals surface area contributed by atoms with E-state index in [4.69, 9.17) is 10.7 Å². The highest BCUT2D eigenvalue weighted by Crippen LogP contribution is 2.42. The Bertz CT molecular complexity index is 1170. The molecule has 1 aliphatic carbocycles. The van der Waals surface area contributed by atoms with Crippen LogP contribution in [0.4, 0.5) is 15.8 Å². The second-order valence-electron chi connectivity index (χ2n) is 11.0. The van der Waals surface area contributed by atoms with E-state index in [1.165, 1.54) is 12.5 Å². The molecule has 3 atom stereocenters. The van der Waals surface area contributed by atoms with Gasteiger partial charge in [0.1, 0.15) is 11.4 Å². The van der Waals surface area contributed by atoms with Crippen LogP contribution in [0.25, 0.3) is 0 Å². The number of nitrogens with one attached hydrogen (secondary N) is 1. The zero-order valence-electron chi connectivity index (χ0n) is 21.9. The number of anilines is 2. The first-order valence-electron chi connectivity index (χ1n) is 13.6. The SMILES string of the molecule is CNC(C)(C(N)=O)[C@@H](C(=O)N1CCC[C@H]1c1cc(N2CCc3cc(F)ccc32)ccn1)C1CCCCC1. The molecule has 1 saturated carbocycles. The standard InChI is InChI=1S/C29H38FN5O2/c1-29(32-2,28(31)37)26(19-7-4-3-5-8-19)27(36)35-15-6-9-25(35)23-18-22(12-14-33-23)34-16-13-20-17-21(30)10-11-24(20)34/h10-12,14,17-19,25-26,32H,3-9,13,15-16H2,1-2H3,(H2,31,37)/t25-,26+,29?/m0/s1. The number of fused-ring (bicyclic) bond motifs is 1. The zero-order valence-corrected chi connectivity index (χ0v) is 21.9. The highest BCUT2D eigenvalue weighted by atomic mass is 19.1. The summed E-state index contributed by atoms with van der Waals surface area (Å²) in [5.74, 6) is -1.10. The third-order valence-corrected chi connectivity index (χ3v) is 8.93. The van der Waals surface area contributed by atoms with Gasteiger partial charge in [-0.15, -0.1) is 0 Å². The summed E-state index contributed by atoms with van der Waals surface area (Å²) in [7, 11) is 1.72. The first kappa shape index (κ1) is 25.6. The highest BCUT2D eigenvalue weighted by molar-refractivity contribution is 5.93. The minimum Gasteiger partial charge on any atom is -0.368 e. The molecule has 7 nitrogen and oxygen atoms in total. The second-order valence-corrected chi connectivity index (χ2v) is 11.0. The van der Waals surface area contributed by atoms with Crippen LogP contribution in [0.15, 0.2) is 36.5 Å². The normalized spacial score (nSPS) is 22.5. The minimum absolute atomic E-state index is 0.000698. The Balaban J connectivity index is 1.44. The van der Waals surface area contributed by atoms with Gasteiger partial charge in [0.2, 0.25) is 11.8 Å². The molecule has 2 aromatic rings. The molecule has 2 fully saturated rings. The molecule has 1 aromatic carbocycles. The molecule has 198 valence electrons. The molecular weight excluding hydrogens is 469 g/mol. The van der Waals surface area contributed by atoms with Gasteiger partial charge in [-0.1, -0.05) is 19.3 Å². The summed E-state index contributed by atoms with van der Waals surface area (Å²) in [5.41, 5.74) is 8.65. The second kappa shape index (κ2) is 10.4. The summed E-state index contributed by atoms with van der Waals surface area (Å²) >= 11 is 0. The number of rotatable bonds is 7. The number of nitrogens with zero attached hydrogens (tertiary/aromatic N) is 3. The van der Waals surface area contributed by atoms with E-state index in [1.54, 1.807) is 26.2 Å². The molecule has 8 heteroatoms. The molecule has 1 aromatic heterocycles. The van der Waals surface area contributed by atoms with Crippen molar-refractivity contribution in [2.24, 2.45) is 17.6 Å². The number of likely N-dealkylation sites (tertiary alicyclic amines) is 1. The summed E-state index contributed by atoms with van der Waals surface area (Å²) in [6, 6.07) is 8.83. The van der Waals surface area contributed by atoms with Gasteiger partial charge in [-0.2, -0.15) is 0 Å². The van der Waals surface area contributed by atoms with Crippen molar-refractivity contribution in [3.8, 4) is 0 Å². The number of primary amides is 1. The van der Waals surface area contributed by atoms with E-state index in [9.17, 15) is 14.0 Å². The van der Waals surface area contributed by atoms with Crippen LogP contribution in [0.2, 0.25) is 0 Å². The predicted octanol–water partition coefficient (Wildman–Crippen LogP) is 4.24. The van der Waals surface area contributed by atoms with Crippen molar-refractivity contribution in [2.75, 3.05) is 25.0 Å². The van der Waals surface area contributed by atoms with Crippen LogP contribution in [-0.2, 0) is 16.0 Å². The molecule has 0 bridgehead atoms. The number of hydrogen-bond acceptors (Lipinski definition) is 5. The van der Waals surface area contributed by atoms with Crippen molar-refractivity contribution in [2.45, 2.75) is 69.9 Å². The van der Waals surface area contributed by atoms with Crippen molar-refractivity contribution >= 4 is 23.2 Å². The van der Waals surface area contributed by atoms with Crippen LogP contribution in [0, 0.1) is 17.7 Å². The summed E-state index contributed by atoms with van der Waals surface area (Å²) in [5, 5.41) is 3.12. The number of carbonyl (C=O) groups is 2. The maximum absolute atomic E-state index is 14.3. The number of pyridine rings is 1. The number of halogens is 1. The number of hydrogen-bond donors (Lipinski definition) is 2. The smallest absolute Gasteiger partial charge is 0.238 e. The van der Waals surface area contributed by atoms with E-state index < -0.39 is 17.4 Å². The maximum atomic E-state index is 14.3. The number of amides is 2. The molecule has 0 spiro atoms. The van der Waals surface area contributed by atoms with Crippen molar-refractivity contribution in [3.63, 3.8) is 0 Å². The Kier molecular flexibility index (Phi) is 7.21. The monoisotopic (exact) mass is 507 g/mol. The number of likely N-dealkylation sites (N-methyl/N-ethyl adjacent to an activating group) is 1. The fraction of sp³-hybridized carbons (Fsp3) is 0.552. The summed E-state index contributed by atoms with van der Waals surface area (Å²) in [6.45, 7) is 3.20. The molecular formula is C29H38FN5O2. The van der Waals surface area contributed by atoms with Gasteiger partial charge in [0, 0.05) is 30.7 Å². The summed E-state index contributed by atoms with van der Waals surface area (Å²) < 4.78 is 13.7. The Labute approximate surface area is 218 Å². The van der Waals surface area contributed by atoms with Crippen LogP contribution < -0.4 is 16.0 Å². The van der Waals surface area contributed by atoms with Gasteiger partial charge in [0.15, 0.2) is 0 Å². The van der Waals surface area contributed by atoms with E-state index in [0.717, 1.165) is 74.1 Å². The topological polar surface area (TPSA) is 91.6 Å². The molecule has 37 heavy (non-hydrogen) atoms. The summed E-state index contributed by atoms with van der Waals surface area (Å²) in [6.07, 6.45) is 9.48. The first-order valence-corrected chi connectivity index (χ1v) is 13.6. The molecule has 3 aliphatic rings. The molecule has 1 saturated heterocycles. The third-order valence-electron chi connectivity index (χ3n) is 8.93. The van der Waals surface area contributed by atoms with Crippen LogP contribution in [0.3, 0.4) is 0 Å². The number of nitrogens with two attached hydrogens (primary N) is 1. The van der Waals surface area contributed by atoms with E-state index in [2.05, 4.69) is 16.3 Å². The van der Waals surface area contributed by atoms with Crippen molar-refractivity contribution in [1.29, 1.82) is 0 Å². The summed E-state index contributed by atoms with van der Waals surface area (Å²) in [4.78, 5) is 35.8. The fourth-order valence-electron chi connectivity index (χ4n) is 6.76. The predicted molar refractivity (Wildman–Crippen MR) is 142 cm³/mol. The lowest BCUT2D eigenvalue weighted by atomic mass is 9.69. The van der Waals surface area contributed by atoms with E-state index in [0.29, 0.717) is 6.54 Å². The van der Waals surface area contributed by atoms with Crippen molar-refractivity contribution in [3.05, 3.63) is 53.6 Å². The fourth-order valence-corrected chi connectivity index (χ4v) is 6.76. The van der Waals surface area contributed by atoms with Gasteiger partial charge >= 0.3 is 0 Å². The number of benzene rings is 1. The molecule has 0 radical (unpaired) electrons. The Morgan fingerprint density at radius 2 is 1.89 bits per heavy atom. The van der Waals surface area contributed by atoms with Crippen LogP contribution >= 0.6 is 0 Å². The van der Waals surface area contributed by atoms with Gasteiger partial charge in [0.05, 0.1) is 17.7 Å². The van der Waals surface area contributed by atoms with Gasteiger partial charge in [-0.05, 0) is 87.9 Å². The molecule has 3 N–H and O–H groups in total. The van der Waals surface area contributed by atoms with E-state index in [1.807, 2.05) is 17.0 Å². The Morgan fingerprint density at radius 1 is 1.11 bits per heavy atom. The number of carbonyl (C=O) groups excluding carboxylic acids is 2. The van der Waals surface area contributed by atoms with Crippen LogP contribution in [0.1, 0.15) is 69.2 Å². The average molecular weight is 508 g/mol. The lowest BCUT2D eigenvalue weighted by Crippen LogP contribution is -2.63. The third kappa shape index (κ3) is 4.72. The van der Waals surface area contributed by atoms with Crippen molar-refractivity contribution < 1.29 is 14.0 Å². The van der Waals surface area contributed by atoms with Gasteiger partial charge in [-0.3, -0.25) is 14.6 Å². The van der Waals surface area contributed by atoms with E-state index >= 15 is 0 Å². The minimum atomic E-state index is -1.12. The molecule has 3 heterocycles. The van der Waals surface area contributed by atoms with Crippen LogP contribution in [0.5, 0.6) is 0 Å². The maximum Gasteiger partial charge on any atom is 0.238 e. The molecule has 2 aliphatic heterocycles. The zero-order chi connectivity index (χ0) is 26.2.